The van der Waals surface area contributed by atoms with E-state index in [1.807, 2.05) is 0 Å². The molecule has 0 saturated heterocycles. The first kappa shape index (κ1) is 8.91. The van der Waals surface area contributed by atoms with Gasteiger partial charge in [0.2, 0.25) is 0 Å². The Hall–Kier alpha value is -0.180. The number of Topliss-reactive ketones (excluding diaryl/α,β-unsaturated/α-hetero) is 2. The van der Waals surface area contributed by atoms with Crippen molar-refractivity contribution in [2.45, 2.75) is 30.0 Å². The van der Waals surface area contributed by atoms with Gasteiger partial charge in [-0.2, -0.15) is 0 Å². The molecule has 4 rings (SSSR count). The molecule has 0 spiro atoms. The standard InChI is InChI=1S/C12H13BrO2/c13-12-4-3-7-9(12)8-5(10(7)14)1-2-6(8)11(12)15/h5-9H,1-4H2/t5-,6+,7-,8-,9+,12-/m1/s1. The van der Waals surface area contributed by atoms with Gasteiger partial charge in [0.15, 0.2) is 5.78 Å². The van der Waals surface area contributed by atoms with E-state index < -0.39 is 0 Å². The highest BCUT2D eigenvalue weighted by molar-refractivity contribution is 9.10. The smallest absolute Gasteiger partial charge is 0.153 e. The molecule has 6 atom stereocenters. The molecule has 2 nitrogen and oxygen atoms in total. The second-order valence-corrected chi connectivity index (χ2v) is 7.08. The van der Waals surface area contributed by atoms with E-state index in [0.29, 0.717) is 23.4 Å². The predicted molar refractivity (Wildman–Crippen MR) is 57.6 cm³/mol. The number of hydrogen-bond donors (Lipinski definition) is 0. The Kier molecular flexibility index (Phi) is 1.42. The molecule has 0 aromatic heterocycles. The Balaban J connectivity index is 1.93. The van der Waals surface area contributed by atoms with E-state index in [1.165, 1.54) is 0 Å². The van der Waals surface area contributed by atoms with Crippen LogP contribution in [-0.2, 0) is 9.59 Å². The van der Waals surface area contributed by atoms with Crippen LogP contribution in [-0.4, -0.2) is 15.9 Å². The molecule has 0 aromatic carbocycles. The summed E-state index contributed by atoms with van der Waals surface area (Å²) in [5, 5.41) is 0. The van der Waals surface area contributed by atoms with E-state index in [4.69, 9.17) is 0 Å². The second-order valence-electron chi connectivity index (χ2n) is 5.67. The maximum absolute atomic E-state index is 12.3. The van der Waals surface area contributed by atoms with Crippen molar-refractivity contribution in [1.29, 1.82) is 0 Å². The average Bonchev–Trinajstić information content (AvgIpc) is 2.85. The molecule has 4 aliphatic rings. The minimum Gasteiger partial charge on any atom is -0.299 e. The molecule has 4 saturated carbocycles. The normalized spacial score (nSPS) is 60.5. The Labute approximate surface area is 96.9 Å². The summed E-state index contributed by atoms with van der Waals surface area (Å²) in [6.07, 6.45) is 3.79. The van der Waals surface area contributed by atoms with Crippen LogP contribution in [0.3, 0.4) is 0 Å². The topological polar surface area (TPSA) is 34.1 Å². The van der Waals surface area contributed by atoms with Crippen LogP contribution in [0.5, 0.6) is 0 Å². The minimum absolute atomic E-state index is 0.216. The van der Waals surface area contributed by atoms with Gasteiger partial charge < -0.3 is 0 Å². The van der Waals surface area contributed by atoms with E-state index in [0.717, 1.165) is 25.7 Å². The highest BCUT2D eigenvalue weighted by Gasteiger charge is 2.72. The number of ketones is 2. The van der Waals surface area contributed by atoms with Crippen molar-refractivity contribution in [3.63, 3.8) is 0 Å². The van der Waals surface area contributed by atoms with Crippen LogP contribution in [0.2, 0.25) is 0 Å². The van der Waals surface area contributed by atoms with Gasteiger partial charge in [-0.25, -0.2) is 0 Å². The highest BCUT2D eigenvalue weighted by Crippen LogP contribution is 2.68. The molecule has 0 aromatic rings. The Morgan fingerprint density at radius 2 is 1.80 bits per heavy atom. The van der Waals surface area contributed by atoms with Crippen molar-refractivity contribution < 1.29 is 9.59 Å². The Morgan fingerprint density at radius 3 is 2.60 bits per heavy atom. The lowest BCUT2D eigenvalue weighted by atomic mass is 9.90. The summed E-state index contributed by atoms with van der Waals surface area (Å²) in [6.45, 7) is 0. The Bertz CT molecular complexity index is 391. The highest BCUT2D eigenvalue weighted by atomic mass is 79.9. The summed E-state index contributed by atoms with van der Waals surface area (Å²) in [6, 6.07) is 0. The second kappa shape index (κ2) is 2.39. The maximum atomic E-state index is 12.3. The zero-order chi connectivity index (χ0) is 10.4. The summed E-state index contributed by atoms with van der Waals surface area (Å²) < 4.78 is -0.294. The minimum atomic E-state index is -0.294. The summed E-state index contributed by atoms with van der Waals surface area (Å²) in [5.74, 6) is 2.36. The van der Waals surface area contributed by atoms with Gasteiger partial charge in [0, 0.05) is 17.8 Å². The summed E-state index contributed by atoms with van der Waals surface area (Å²) in [5.41, 5.74) is 0. The molecule has 80 valence electrons. The third kappa shape index (κ3) is 0.748. The number of alkyl halides is 1. The van der Waals surface area contributed by atoms with E-state index >= 15 is 0 Å². The lowest BCUT2D eigenvalue weighted by Gasteiger charge is -2.21. The van der Waals surface area contributed by atoms with Crippen LogP contribution < -0.4 is 0 Å². The van der Waals surface area contributed by atoms with Gasteiger partial charge in [-0.05, 0) is 37.5 Å². The largest absolute Gasteiger partial charge is 0.299 e. The first-order valence-corrected chi connectivity index (χ1v) is 6.71. The maximum Gasteiger partial charge on any atom is 0.153 e. The molecule has 4 aliphatic carbocycles. The fourth-order valence-corrected chi connectivity index (χ4v) is 6.10. The third-order valence-electron chi connectivity index (χ3n) is 5.39. The molecule has 0 radical (unpaired) electrons. The molecule has 0 amide bonds. The molecule has 4 fully saturated rings. The summed E-state index contributed by atoms with van der Waals surface area (Å²) in [4.78, 5) is 24.5. The Morgan fingerprint density at radius 1 is 1.07 bits per heavy atom. The van der Waals surface area contributed by atoms with Gasteiger partial charge in [0.25, 0.3) is 0 Å². The van der Waals surface area contributed by atoms with Crippen LogP contribution >= 0.6 is 15.9 Å². The molecule has 0 unspecified atom stereocenters. The number of carbonyl (C=O) groups excluding carboxylic acids is 2. The molecule has 15 heavy (non-hydrogen) atoms. The van der Waals surface area contributed by atoms with Crippen LogP contribution in [0.1, 0.15) is 25.7 Å². The van der Waals surface area contributed by atoms with Gasteiger partial charge in [0.05, 0.1) is 4.32 Å². The molecular weight excluding hydrogens is 256 g/mol. The van der Waals surface area contributed by atoms with Gasteiger partial charge in [-0.3, -0.25) is 9.59 Å². The van der Waals surface area contributed by atoms with Crippen LogP contribution in [0, 0.1) is 29.6 Å². The molecular formula is C12H13BrO2. The molecule has 0 N–H and O–H groups in total. The van der Waals surface area contributed by atoms with E-state index in [-0.39, 0.29) is 22.1 Å². The van der Waals surface area contributed by atoms with Crippen molar-refractivity contribution >= 4 is 27.5 Å². The number of rotatable bonds is 0. The van der Waals surface area contributed by atoms with Crippen LogP contribution in [0.4, 0.5) is 0 Å². The SMILES string of the molecule is O=C1[C@@H]2CC[C@@H]3C(=O)[C@@]4(Br)CC[C@@H]1[C@H]4[C@@H]32. The lowest BCUT2D eigenvalue weighted by molar-refractivity contribution is -0.124. The van der Waals surface area contributed by atoms with Gasteiger partial charge in [0.1, 0.15) is 5.78 Å². The van der Waals surface area contributed by atoms with Gasteiger partial charge in [-0.1, -0.05) is 15.9 Å². The summed E-state index contributed by atoms with van der Waals surface area (Å²) in [7, 11) is 0. The molecule has 0 heterocycles. The lowest BCUT2D eigenvalue weighted by Crippen LogP contribution is -2.31. The summed E-state index contributed by atoms with van der Waals surface area (Å²) >= 11 is 3.69. The van der Waals surface area contributed by atoms with Crippen molar-refractivity contribution in [1.82, 2.24) is 0 Å². The van der Waals surface area contributed by atoms with Crippen molar-refractivity contribution in [2.75, 3.05) is 0 Å². The van der Waals surface area contributed by atoms with Gasteiger partial charge in [-0.15, -0.1) is 0 Å². The molecule has 0 bridgehead atoms. The van der Waals surface area contributed by atoms with E-state index in [2.05, 4.69) is 15.9 Å². The first-order valence-electron chi connectivity index (χ1n) is 5.91. The number of hydrogen-bond acceptors (Lipinski definition) is 2. The van der Waals surface area contributed by atoms with E-state index in [1.54, 1.807) is 0 Å². The molecule has 0 aliphatic heterocycles. The molecule has 3 heteroatoms. The van der Waals surface area contributed by atoms with Crippen molar-refractivity contribution in [3.8, 4) is 0 Å². The van der Waals surface area contributed by atoms with E-state index in [9.17, 15) is 9.59 Å². The first-order chi connectivity index (χ1) is 7.14. The fourth-order valence-electron chi connectivity index (χ4n) is 4.96. The average molecular weight is 269 g/mol. The zero-order valence-corrected chi connectivity index (χ0v) is 10.00. The van der Waals surface area contributed by atoms with Crippen molar-refractivity contribution in [2.24, 2.45) is 29.6 Å². The van der Waals surface area contributed by atoms with Crippen molar-refractivity contribution in [3.05, 3.63) is 0 Å². The van der Waals surface area contributed by atoms with Crippen LogP contribution in [0.15, 0.2) is 0 Å². The number of halogens is 1. The monoisotopic (exact) mass is 268 g/mol. The van der Waals surface area contributed by atoms with Crippen LogP contribution in [0.25, 0.3) is 0 Å². The number of carbonyl (C=O) groups is 2. The zero-order valence-electron chi connectivity index (χ0n) is 8.41. The third-order valence-corrected chi connectivity index (χ3v) is 6.71. The predicted octanol–water partition coefficient (Wildman–Crippen LogP) is 1.95. The quantitative estimate of drug-likeness (QED) is 0.630. The van der Waals surface area contributed by atoms with Gasteiger partial charge >= 0.3 is 0 Å². The fraction of sp³-hybridized carbons (Fsp3) is 0.833.